The topological polar surface area (TPSA) is 30.5 Å². The molecule has 0 aliphatic carbocycles. The van der Waals surface area contributed by atoms with Gasteiger partial charge in [-0.25, -0.2) is 0 Å². The molecule has 0 amide bonds. The van der Waals surface area contributed by atoms with E-state index in [1.54, 1.807) is 14.2 Å². The Labute approximate surface area is 104 Å². The molecule has 0 saturated heterocycles. The summed E-state index contributed by atoms with van der Waals surface area (Å²) in [5.41, 5.74) is 2.56. The third-order valence-corrected chi connectivity index (χ3v) is 2.93. The Balaban J connectivity index is 2.62. The number of benzene rings is 1. The number of rotatable bonds is 6. The highest BCUT2D eigenvalue weighted by Crippen LogP contribution is 2.15. The Hall–Kier alpha value is -0.900. The Morgan fingerprint density at radius 2 is 1.76 bits per heavy atom. The monoisotopic (exact) mass is 237 g/mol. The zero-order chi connectivity index (χ0) is 12.8. The molecule has 0 saturated carbocycles. The molecule has 0 aromatic heterocycles. The van der Waals surface area contributed by atoms with Crippen LogP contribution in [-0.4, -0.2) is 26.6 Å². The molecule has 0 aliphatic rings. The van der Waals surface area contributed by atoms with E-state index in [2.05, 4.69) is 50.4 Å². The first-order valence-electron chi connectivity index (χ1n) is 5.96. The van der Waals surface area contributed by atoms with E-state index in [1.165, 1.54) is 11.1 Å². The summed E-state index contributed by atoms with van der Waals surface area (Å²) in [6.45, 7) is 6.31. The second kappa shape index (κ2) is 6.74. The van der Waals surface area contributed by atoms with Crippen LogP contribution in [0.3, 0.4) is 0 Å². The van der Waals surface area contributed by atoms with Crippen molar-refractivity contribution < 1.29 is 9.47 Å². The predicted molar refractivity (Wildman–Crippen MR) is 70.0 cm³/mol. The Kier molecular flexibility index (Phi) is 5.62. The van der Waals surface area contributed by atoms with Gasteiger partial charge in [-0.15, -0.1) is 0 Å². The van der Waals surface area contributed by atoms with Crippen LogP contribution in [0.2, 0.25) is 0 Å². The first kappa shape index (κ1) is 14.2. The zero-order valence-electron chi connectivity index (χ0n) is 11.4. The van der Waals surface area contributed by atoms with E-state index in [0.29, 0.717) is 0 Å². The molecule has 0 heterocycles. The SMILES string of the molecule is COC(OC)C(C)N[C@H](C)c1cccc(C)c1. The van der Waals surface area contributed by atoms with E-state index in [9.17, 15) is 0 Å². The van der Waals surface area contributed by atoms with E-state index in [0.717, 1.165) is 0 Å². The lowest BCUT2D eigenvalue weighted by Crippen LogP contribution is -2.40. The molecule has 1 rings (SSSR count). The first-order valence-corrected chi connectivity index (χ1v) is 5.96. The van der Waals surface area contributed by atoms with Crippen LogP contribution in [0.4, 0.5) is 0 Å². The number of aryl methyl sites for hydroxylation is 1. The molecular formula is C14H23NO2. The van der Waals surface area contributed by atoms with Gasteiger partial charge >= 0.3 is 0 Å². The van der Waals surface area contributed by atoms with Crippen molar-refractivity contribution in [3.8, 4) is 0 Å². The third kappa shape index (κ3) is 4.11. The highest BCUT2D eigenvalue weighted by atomic mass is 16.7. The quantitative estimate of drug-likeness (QED) is 0.772. The summed E-state index contributed by atoms with van der Waals surface area (Å²) < 4.78 is 10.5. The molecule has 0 fully saturated rings. The minimum atomic E-state index is -0.220. The number of methoxy groups -OCH3 is 2. The highest BCUT2D eigenvalue weighted by Gasteiger charge is 2.18. The van der Waals surface area contributed by atoms with Gasteiger partial charge in [0.2, 0.25) is 0 Å². The van der Waals surface area contributed by atoms with Gasteiger partial charge in [0.05, 0.1) is 6.04 Å². The van der Waals surface area contributed by atoms with Gasteiger partial charge in [0.1, 0.15) is 0 Å². The van der Waals surface area contributed by atoms with Crippen LogP contribution in [0.15, 0.2) is 24.3 Å². The van der Waals surface area contributed by atoms with Crippen molar-refractivity contribution in [1.29, 1.82) is 0 Å². The largest absolute Gasteiger partial charge is 0.354 e. The van der Waals surface area contributed by atoms with Crippen LogP contribution in [0.25, 0.3) is 0 Å². The minimum absolute atomic E-state index is 0.139. The molecule has 3 nitrogen and oxygen atoms in total. The maximum Gasteiger partial charge on any atom is 0.171 e. The van der Waals surface area contributed by atoms with Crippen molar-refractivity contribution in [3.63, 3.8) is 0 Å². The van der Waals surface area contributed by atoms with Crippen LogP contribution in [0.5, 0.6) is 0 Å². The van der Waals surface area contributed by atoms with Crippen molar-refractivity contribution in [2.24, 2.45) is 0 Å². The van der Waals surface area contributed by atoms with E-state index in [-0.39, 0.29) is 18.4 Å². The number of hydrogen-bond donors (Lipinski definition) is 1. The summed E-state index contributed by atoms with van der Waals surface area (Å²) in [6, 6.07) is 8.92. The number of hydrogen-bond acceptors (Lipinski definition) is 3. The number of nitrogens with one attached hydrogen (secondary N) is 1. The standard InChI is InChI=1S/C14H23NO2/c1-10-7-6-8-13(9-10)11(2)15-12(3)14(16-4)17-5/h6-9,11-12,14-15H,1-5H3/t11-,12?/m1/s1. The lowest BCUT2D eigenvalue weighted by atomic mass is 10.1. The fourth-order valence-electron chi connectivity index (χ4n) is 2.01. The molecule has 0 radical (unpaired) electrons. The average Bonchev–Trinajstić information content (AvgIpc) is 2.30. The van der Waals surface area contributed by atoms with Crippen molar-refractivity contribution in [2.75, 3.05) is 14.2 Å². The van der Waals surface area contributed by atoms with E-state index < -0.39 is 0 Å². The van der Waals surface area contributed by atoms with Crippen molar-refractivity contribution in [1.82, 2.24) is 5.32 Å². The molecule has 0 aliphatic heterocycles. The lowest BCUT2D eigenvalue weighted by molar-refractivity contribution is -0.120. The van der Waals surface area contributed by atoms with Crippen LogP contribution < -0.4 is 5.32 Å². The minimum Gasteiger partial charge on any atom is -0.354 e. The summed E-state index contributed by atoms with van der Waals surface area (Å²) in [7, 11) is 3.31. The molecule has 96 valence electrons. The Morgan fingerprint density at radius 3 is 2.29 bits per heavy atom. The smallest absolute Gasteiger partial charge is 0.171 e. The molecule has 3 heteroatoms. The van der Waals surface area contributed by atoms with Crippen molar-refractivity contribution >= 4 is 0 Å². The fourth-order valence-corrected chi connectivity index (χ4v) is 2.01. The van der Waals surface area contributed by atoms with E-state index in [1.807, 2.05) is 0 Å². The zero-order valence-corrected chi connectivity index (χ0v) is 11.4. The second-order valence-corrected chi connectivity index (χ2v) is 4.43. The highest BCUT2D eigenvalue weighted by molar-refractivity contribution is 5.24. The van der Waals surface area contributed by atoms with Gasteiger partial charge in [0, 0.05) is 20.3 Å². The molecule has 0 bridgehead atoms. The number of ether oxygens (including phenoxy) is 2. The van der Waals surface area contributed by atoms with Crippen LogP contribution in [-0.2, 0) is 9.47 Å². The molecule has 1 unspecified atom stereocenters. The molecular weight excluding hydrogens is 214 g/mol. The van der Waals surface area contributed by atoms with E-state index in [4.69, 9.17) is 9.47 Å². The van der Waals surface area contributed by atoms with Gasteiger partial charge in [0.15, 0.2) is 6.29 Å². The van der Waals surface area contributed by atoms with Gasteiger partial charge in [-0.3, -0.25) is 0 Å². The summed E-state index contributed by atoms with van der Waals surface area (Å²) >= 11 is 0. The normalized spacial score (nSPS) is 14.9. The molecule has 1 N–H and O–H groups in total. The molecule has 0 spiro atoms. The molecule has 17 heavy (non-hydrogen) atoms. The fraction of sp³-hybridized carbons (Fsp3) is 0.571. The molecule has 2 atom stereocenters. The van der Waals surface area contributed by atoms with Gasteiger partial charge in [-0.05, 0) is 26.3 Å². The van der Waals surface area contributed by atoms with Gasteiger partial charge < -0.3 is 14.8 Å². The lowest BCUT2D eigenvalue weighted by Gasteiger charge is -2.26. The average molecular weight is 237 g/mol. The third-order valence-electron chi connectivity index (χ3n) is 2.93. The first-order chi connectivity index (χ1) is 8.08. The summed E-state index contributed by atoms with van der Waals surface area (Å²) in [5, 5.41) is 3.48. The maximum absolute atomic E-state index is 5.24. The van der Waals surface area contributed by atoms with Crippen LogP contribution >= 0.6 is 0 Å². The van der Waals surface area contributed by atoms with Crippen LogP contribution in [0.1, 0.15) is 31.0 Å². The summed E-state index contributed by atoms with van der Waals surface area (Å²) in [5.74, 6) is 0. The maximum atomic E-state index is 5.24. The van der Waals surface area contributed by atoms with Gasteiger partial charge in [-0.2, -0.15) is 0 Å². The Bertz CT molecular complexity index is 337. The van der Waals surface area contributed by atoms with Gasteiger partial charge in [-0.1, -0.05) is 29.8 Å². The van der Waals surface area contributed by atoms with Crippen molar-refractivity contribution in [2.45, 2.75) is 39.1 Å². The van der Waals surface area contributed by atoms with Gasteiger partial charge in [0.25, 0.3) is 0 Å². The Morgan fingerprint density at radius 1 is 1.12 bits per heavy atom. The van der Waals surface area contributed by atoms with Crippen molar-refractivity contribution in [3.05, 3.63) is 35.4 Å². The summed E-state index contributed by atoms with van der Waals surface area (Å²) in [4.78, 5) is 0. The second-order valence-electron chi connectivity index (χ2n) is 4.43. The summed E-state index contributed by atoms with van der Waals surface area (Å²) in [6.07, 6.45) is -0.220. The predicted octanol–water partition coefficient (Wildman–Crippen LogP) is 2.65. The molecule has 1 aromatic carbocycles. The molecule has 1 aromatic rings. The van der Waals surface area contributed by atoms with E-state index >= 15 is 0 Å². The van der Waals surface area contributed by atoms with Crippen LogP contribution in [0, 0.1) is 6.92 Å².